The highest BCUT2D eigenvalue weighted by molar-refractivity contribution is 7.44. The molecule has 0 radical (unpaired) electrons. The van der Waals surface area contributed by atoms with E-state index in [0.717, 1.165) is 4.57 Å². The second-order valence-corrected chi connectivity index (χ2v) is 7.24. The number of hydrogen-bond donors (Lipinski definition) is 3. The van der Waals surface area contributed by atoms with Crippen LogP contribution in [0, 0.1) is 11.8 Å². The minimum Gasteiger partial charge on any atom is -0.756 e. The van der Waals surface area contributed by atoms with Gasteiger partial charge in [-0.3, -0.25) is 18.9 Å². The predicted molar refractivity (Wildman–Crippen MR) is 97.5 cm³/mol. The van der Waals surface area contributed by atoms with Gasteiger partial charge in [0.25, 0.3) is 13.4 Å². The van der Waals surface area contributed by atoms with E-state index in [1.54, 1.807) is 13.8 Å². The summed E-state index contributed by atoms with van der Waals surface area (Å²) in [5, 5.41) is 0. The molecule has 2 rings (SSSR count). The molecule has 162 valence electrons. The summed E-state index contributed by atoms with van der Waals surface area (Å²) >= 11 is 0. The van der Waals surface area contributed by atoms with E-state index in [-0.39, 0.29) is 18.5 Å². The lowest BCUT2D eigenvalue weighted by Crippen LogP contribution is -2.34. The molecule has 12 nitrogen and oxygen atoms in total. The first kappa shape index (κ1) is 23.5. The summed E-state index contributed by atoms with van der Waals surface area (Å²) in [6.07, 6.45) is -1.85. The van der Waals surface area contributed by atoms with Gasteiger partial charge >= 0.3 is 5.69 Å². The summed E-state index contributed by atoms with van der Waals surface area (Å²) in [6, 6.07) is 0. The maximum Gasteiger partial charge on any atom is 0.330 e. The third-order valence-corrected chi connectivity index (χ3v) is 4.43. The number of nitrogens with two attached hydrogens (primary N) is 1. The molecule has 5 atom stereocenters. The Morgan fingerprint density at radius 1 is 1.55 bits per heavy atom. The van der Waals surface area contributed by atoms with Crippen molar-refractivity contribution >= 4 is 7.82 Å². The van der Waals surface area contributed by atoms with Crippen molar-refractivity contribution in [2.45, 2.75) is 45.0 Å². The fourth-order valence-electron chi connectivity index (χ4n) is 2.79. The standard InChI is InChI=1S/C16H24N3O9P/c1-3-25-10(2)27-12-7-14(28-13(12)9-26-29(22,23)24)19-8-11(5-4-6-17)15(20)18-16(19)21/h8,10,12-14H,3,6-7,9,17H2,1-2H3,(H,18,20,21)(H2,22,23,24)/p-1/t10-,12?,13-,14-/m1/s1. The first-order valence-electron chi connectivity index (χ1n) is 8.79. The number of hydrogen-bond acceptors (Lipinski definition) is 9. The van der Waals surface area contributed by atoms with Crippen LogP contribution in [0.15, 0.2) is 15.8 Å². The molecule has 13 heteroatoms. The van der Waals surface area contributed by atoms with E-state index in [9.17, 15) is 19.0 Å². The quantitative estimate of drug-likeness (QED) is 0.246. The van der Waals surface area contributed by atoms with Crippen LogP contribution < -0.4 is 21.9 Å². The minimum atomic E-state index is -4.98. The van der Waals surface area contributed by atoms with Crippen LogP contribution in [-0.2, 0) is 23.3 Å². The average Bonchev–Trinajstić information content (AvgIpc) is 3.01. The van der Waals surface area contributed by atoms with Gasteiger partial charge in [-0.2, -0.15) is 0 Å². The molecular formula is C16H23N3O9P-. The van der Waals surface area contributed by atoms with Gasteiger partial charge in [0, 0.05) is 19.2 Å². The molecule has 0 bridgehead atoms. The Labute approximate surface area is 166 Å². The van der Waals surface area contributed by atoms with E-state index in [1.165, 1.54) is 6.20 Å². The van der Waals surface area contributed by atoms with E-state index in [0.29, 0.717) is 6.61 Å². The van der Waals surface area contributed by atoms with Crippen LogP contribution in [0.3, 0.4) is 0 Å². The van der Waals surface area contributed by atoms with Crippen LogP contribution in [-0.4, -0.2) is 52.7 Å². The van der Waals surface area contributed by atoms with Crippen molar-refractivity contribution in [1.29, 1.82) is 0 Å². The lowest BCUT2D eigenvalue weighted by Gasteiger charge is -2.24. The molecule has 1 fully saturated rings. The topological polar surface area (TPSA) is 178 Å². The molecule has 0 saturated carbocycles. The van der Waals surface area contributed by atoms with Gasteiger partial charge in [0.15, 0.2) is 6.29 Å². The van der Waals surface area contributed by atoms with Crippen molar-refractivity contribution in [3.05, 3.63) is 32.6 Å². The number of aromatic nitrogens is 2. The first-order valence-corrected chi connectivity index (χ1v) is 10.3. The van der Waals surface area contributed by atoms with Crippen molar-refractivity contribution in [2.75, 3.05) is 19.8 Å². The minimum absolute atomic E-state index is 0.0120. The van der Waals surface area contributed by atoms with Gasteiger partial charge in [-0.15, -0.1) is 0 Å². The molecule has 2 heterocycles. The SMILES string of the molecule is CCO[C@@H](C)OC1C[C@H](n2cc(C#CCN)c(=O)[nH]c2=O)O[C@@H]1COP(=O)([O-])O. The molecule has 2 unspecified atom stereocenters. The fourth-order valence-corrected chi connectivity index (χ4v) is 3.12. The van der Waals surface area contributed by atoms with Gasteiger partial charge in [-0.05, 0) is 13.8 Å². The van der Waals surface area contributed by atoms with Crippen molar-refractivity contribution in [3.63, 3.8) is 0 Å². The van der Waals surface area contributed by atoms with Gasteiger partial charge in [-0.1, -0.05) is 11.8 Å². The summed E-state index contributed by atoms with van der Waals surface area (Å²) in [6.45, 7) is 3.30. The number of H-pyrrole nitrogens is 1. The largest absolute Gasteiger partial charge is 0.756 e. The van der Waals surface area contributed by atoms with Crippen LogP contribution in [0.1, 0.15) is 32.1 Å². The maximum atomic E-state index is 12.2. The van der Waals surface area contributed by atoms with Gasteiger partial charge in [0.1, 0.15) is 17.9 Å². The summed E-state index contributed by atoms with van der Waals surface area (Å²) in [4.78, 5) is 46.0. The molecule has 1 aliphatic rings. The molecule has 1 aromatic rings. The Hall–Kier alpha value is -1.81. The van der Waals surface area contributed by atoms with Crippen LogP contribution in [0.4, 0.5) is 0 Å². The van der Waals surface area contributed by atoms with Crippen molar-refractivity contribution in [2.24, 2.45) is 5.73 Å². The monoisotopic (exact) mass is 432 g/mol. The summed E-state index contributed by atoms with van der Waals surface area (Å²) < 4.78 is 33.2. The highest BCUT2D eigenvalue weighted by atomic mass is 31.2. The van der Waals surface area contributed by atoms with Gasteiger partial charge in [0.05, 0.1) is 19.3 Å². The van der Waals surface area contributed by atoms with Gasteiger partial charge in [-0.25, -0.2) is 4.79 Å². The highest BCUT2D eigenvalue weighted by Crippen LogP contribution is 2.35. The van der Waals surface area contributed by atoms with Crippen LogP contribution in [0.5, 0.6) is 0 Å². The van der Waals surface area contributed by atoms with E-state index < -0.39 is 50.4 Å². The third kappa shape index (κ3) is 6.88. The van der Waals surface area contributed by atoms with Gasteiger partial charge in [0.2, 0.25) is 0 Å². The third-order valence-electron chi connectivity index (χ3n) is 3.95. The number of nitrogens with one attached hydrogen (secondary N) is 1. The van der Waals surface area contributed by atoms with Crippen LogP contribution in [0.25, 0.3) is 0 Å². The Bertz CT molecular complexity index is 913. The molecule has 29 heavy (non-hydrogen) atoms. The van der Waals surface area contributed by atoms with Crippen LogP contribution in [0.2, 0.25) is 0 Å². The zero-order chi connectivity index (χ0) is 21.6. The van der Waals surface area contributed by atoms with Crippen molar-refractivity contribution < 1.29 is 33.1 Å². The van der Waals surface area contributed by atoms with E-state index in [1.807, 2.05) is 0 Å². The lowest BCUT2D eigenvalue weighted by atomic mass is 10.2. The predicted octanol–water partition coefficient (Wildman–Crippen LogP) is -1.62. The second kappa shape index (κ2) is 10.3. The number of aromatic amines is 1. The Morgan fingerprint density at radius 2 is 2.28 bits per heavy atom. The molecule has 0 spiro atoms. The summed E-state index contributed by atoms with van der Waals surface area (Å²) in [5.41, 5.74) is 3.90. The second-order valence-electron chi connectivity index (χ2n) is 6.04. The van der Waals surface area contributed by atoms with E-state index >= 15 is 0 Å². The Morgan fingerprint density at radius 3 is 2.90 bits per heavy atom. The Balaban J connectivity index is 2.28. The summed E-state index contributed by atoms with van der Waals surface area (Å²) in [7, 11) is -4.98. The molecule has 0 amide bonds. The fraction of sp³-hybridized carbons (Fsp3) is 0.625. The number of nitrogens with zero attached hydrogens (tertiary/aromatic N) is 1. The normalized spacial score (nSPS) is 24.5. The molecule has 0 aliphatic carbocycles. The Kier molecular flexibility index (Phi) is 8.33. The molecular weight excluding hydrogens is 409 g/mol. The van der Waals surface area contributed by atoms with E-state index in [2.05, 4.69) is 21.3 Å². The number of rotatable bonds is 8. The first-order chi connectivity index (χ1) is 13.6. The highest BCUT2D eigenvalue weighted by Gasteiger charge is 2.39. The zero-order valence-electron chi connectivity index (χ0n) is 15.9. The maximum absolute atomic E-state index is 12.2. The summed E-state index contributed by atoms with van der Waals surface area (Å²) in [5.74, 6) is 5.08. The van der Waals surface area contributed by atoms with Crippen LogP contribution >= 0.6 is 7.82 Å². The molecule has 0 aromatic carbocycles. The van der Waals surface area contributed by atoms with Crippen molar-refractivity contribution in [3.8, 4) is 11.8 Å². The number of ether oxygens (including phenoxy) is 3. The number of phosphoric ester groups is 1. The molecule has 4 N–H and O–H groups in total. The lowest BCUT2D eigenvalue weighted by molar-refractivity contribution is -0.224. The molecule has 1 aliphatic heterocycles. The number of phosphoric acid groups is 1. The molecule has 1 aromatic heterocycles. The van der Waals surface area contributed by atoms with E-state index in [4.69, 9.17) is 24.8 Å². The van der Waals surface area contributed by atoms with Crippen molar-refractivity contribution in [1.82, 2.24) is 9.55 Å². The van der Waals surface area contributed by atoms with Gasteiger partial charge < -0.3 is 34.3 Å². The zero-order valence-corrected chi connectivity index (χ0v) is 16.8. The average molecular weight is 432 g/mol. The smallest absolute Gasteiger partial charge is 0.330 e. The molecule has 1 saturated heterocycles.